The summed E-state index contributed by atoms with van der Waals surface area (Å²) in [6.45, 7) is 3.48. The van der Waals surface area contributed by atoms with Gasteiger partial charge in [-0.3, -0.25) is 19.6 Å². The van der Waals surface area contributed by atoms with Crippen molar-refractivity contribution in [2.75, 3.05) is 12.4 Å². The lowest BCUT2D eigenvalue weighted by Gasteiger charge is -2.13. The minimum Gasteiger partial charge on any atom is -0.496 e. The van der Waals surface area contributed by atoms with Crippen LogP contribution in [0.3, 0.4) is 0 Å². The quantitative estimate of drug-likeness (QED) is 0.675. The summed E-state index contributed by atoms with van der Waals surface area (Å²) in [7, 11) is 1.42. The molecule has 1 unspecified atom stereocenters. The summed E-state index contributed by atoms with van der Waals surface area (Å²) in [6, 6.07) is 5.44. The third-order valence-corrected chi connectivity index (χ3v) is 3.18. The van der Waals surface area contributed by atoms with Gasteiger partial charge in [-0.1, -0.05) is 0 Å². The van der Waals surface area contributed by atoms with Crippen molar-refractivity contribution in [2.24, 2.45) is 0 Å². The molecule has 0 aliphatic rings. The molecular weight excluding hydrogens is 288 g/mol. The largest absolute Gasteiger partial charge is 0.496 e. The molecule has 0 bridgehead atoms. The number of hydrogen-bond donors (Lipinski definition) is 1. The number of aryl methyl sites for hydroxylation is 1. The summed E-state index contributed by atoms with van der Waals surface area (Å²) < 4.78 is 6.45. The van der Waals surface area contributed by atoms with Crippen LogP contribution in [0.2, 0.25) is 0 Å². The lowest BCUT2D eigenvalue weighted by molar-refractivity contribution is -0.384. The van der Waals surface area contributed by atoms with Crippen molar-refractivity contribution in [2.45, 2.75) is 19.9 Å². The number of nitrogens with one attached hydrogen (secondary N) is 1. The SMILES string of the molecule is COc1ccc(NC(=O)C(C)n2ccc(C)n2)c([N+](=O)[O-])c1. The minimum absolute atomic E-state index is 0.117. The first kappa shape index (κ1) is 15.5. The molecule has 0 aliphatic heterocycles. The van der Waals surface area contributed by atoms with E-state index in [9.17, 15) is 14.9 Å². The van der Waals surface area contributed by atoms with Gasteiger partial charge in [0.05, 0.1) is 23.8 Å². The molecule has 0 aliphatic carbocycles. The van der Waals surface area contributed by atoms with Gasteiger partial charge in [-0.15, -0.1) is 0 Å². The fourth-order valence-corrected chi connectivity index (χ4v) is 1.90. The number of carbonyl (C=O) groups excluding carboxylic acids is 1. The van der Waals surface area contributed by atoms with Gasteiger partial charge in [0.2, 0.25) is 5.91 Å². The summed E-state index contributed by atoms with van der Waals surface area (Å²) in [6.07, 6.45) is 1.68. The van der Waals surface area contributed by atoms with E-state index >= 15 is 0 Å². The highest BCUT2D eigenvalue weighted by Gasteiger charge is 2.21. The fraction of sp³-hybridized carbons (Fsp3) is 0.286. The van der Waals surface area contributed by atoms with Crippen molar-refractivity contribution < 1.29 is 14.5 Å². The highest BCUT2D eigenvalue weighted by atomic mass is 16.6. The lowest BCUT2D eigenvalue weighted by Crippen LogP contribution is -2.24. The molecule has 0 saturated carbocycles. The Morgan fingerprint density at radius 2 is 2.18 bits per heavy atom. The molecule has 0 saturated heterocycles. The van der Waals surface area contributed by atoms with Crippen molar-refractivity contribution >= 4 is 17.3 Å². The van der Waals surface area contributed by atoms with Gasteiger partial charge in [0.15, 0.2) is 0 Å². The molecular formula is C14H16N4O4. The number of methoxy groups -OCH3 is 1. The third kappa shape index (κ3) is 3.22. The van der Waals surface area contributed by atoms with Gasteiger partial charge >= 0.3 is 0 Å². The van der Waals surface area contributed by atoms with Gasteiger partial charge in [-0.25, -0.2) is 0 Å². The van der Waals surface area contributed by atoms with Gasteiger partial charge in [0.25, 0.3) is 5.69 Å². The van der Waals surface area contributed by atoms with E-state index in [0.29, 0.717) is 5.75 Å². The number of hydrogen-bond acceptors (Lipinski definition) is 5. The number of nitro benzene ring substituents is 1. The molecule has 1 atom stereocenters. The minimum atomic E-state index is -0.588. The van der Waals surface area contributed by atoms with Crippen molar-refractivity contribution in [1.29, 1.82) is 0 Å². The van der Waals surface area contributed by atoms with E-state index in [1.165, 1.54) is 23.9 Å². The number of nitro groups is 1. The van der Waals surface area contributed by atoms with Crippen LogP contribution in [0, 0.1) is 17.0 Å². The number of carbonyl (C=O) groups is 1. The molecule has 1 aromatic heterocycles. The average Bonchev–Trinajstić information content (AvgIpc) is 2.93. The maximum absolute atomic E-state index is 12.2. The van der Waals surface area contributed by atoms with Crippen LogP contribution in [0.15, 0.2) is 30.5 Å². The van der Waals surface area contributed by atoms with E-state index < -0.39 is 16.9 Å². The Kier molecular flexibility index (Phi) is 4.40. The second-order valence-electron chi connectivity index (χ2n) is 4.74. The summed E-state index contributed by atoms with van der Waals surface area (Å²) in [5, 5.41) is 17.8. The number of amides is 1. The summed E-state index contributed by atoms with van der Waals surface area (Å²) in [5.74, 6) is -0.0446. The topological polar surface area (TPSA) is 99.3 Å². The number of benzene rings is 1. The number of nitrogens with zero attached hydrogens (tertiary/aromatic N) is 3. The average molecular weight is 304 g/mol. The van der Waals surface area contributed by atoms with E-state index in [-0.39, 0.29) is 11.4 Å². The van der Waals surface area contributed by atoms with E-state index in [4.69, 9.17) is 4.74 Å². The van der Waals surface area contributed by atoms with Crippen LogP contribution < -0.4 is 10.1 Å². The zero-order chi connectivity index (χ0) is 16.3. The second kappa shape index (κ2) is 6.25. The van der Waals surface area contributed by atoms with Gasteiger partial charge < -0.3 is 10.1 Å². The molecule has 0 fully saturated rings. The molecule has 2 aromatic rings. The van der Waals surface area contributed by atoms with E-state index in [1.54, 1.807) is 25.3 Å². The molecule has 1 N–H and O–H groups in total. The third-order valence-electron chi connectivity index (χ3n) is 3.18. The maximum Gasteiger partial charge on any atom is 0.296 e. The van der Waals surface area contributed by atoms with Crippen LogP contribution in [0.25, 0.3) is 0 Å². The number of rotatable bonds is 5. The summed E-state index contributed by atoms with van der Waals surface area (Å²) >= 11 is 0. The van der Waals surface area contributed by atoms with Crippen LogP contribution in [0.1, 0.15) is 18.7 Å². The number of ether oxygens (including phenoxy) is 1. The van der Waals surface area contributed by atoms with Crippen LogP contribution in [0.5, 0.6) is 5.75 Å². The molecule has 0 radical (unpaired) electrons. The van der Waals surface area contributed by atoms with E-state index in [0.717, 1.165) is 5.69 Å². The zero-order valence-corrected chi connectivity index (χ0v) is 12.4. The number of anilines is 1. The van der Waals surface area contributed by atoms with Crippen molar-refractivity contribution in [1.82, 2.24) is 9.78 Å². The van der Waals surface area contributed by atoms with Crippen molar-refractivity contribution in [3.8, 4) is 5.75 Å². The smallest absolute Gasteiger partial charge is 0.296 e. The van der Waals surface area contributed by atoms with Gasteiger partial charge in [0, 0.05) is 6.20 Å². The number of aromatic nitrogens is 2. The Balaban J connectivity index is 2.22. The summed E-state index contributed by atoms with van der Waals surface area (Å²) in [4.78, 5) is 22.8. The second-order valence-corrected chi connectivity index (χ2v) is 4.74. The molecule has 1 aromatic carbocycles. The van der Waals surface area contributed by atoms with Crippen molar-refractivity contribution in [3.05, 3.63) is 46.3 Å². The van der Waals surface area contributed by atoms with Gasteiger partial charge in [-0.05, 0) is 32.0 Å². The Morgan fingerprint density at radius 1 is 1.45 bits per heavy atom. The molecule has 8 heteroatoms. The van der Waals surface area contributed by atoms with Gasteiger partial charge in [0.1, 0.15) is 17.5 Å². The molecule has 1 amide bonds. The van der Waals surface area contributed by atoms with E-state index in [1.807, 2.05) is 6.92 Å². The zero-order valence-electron chi connectivity index (χ0n) is 12.4. The first-order valence-corrected chi connectivity index (χ1v) is 6.57. The lowest BCUT2D eigenvalue weighted by atomic mass is 10.2. The van der Waals surface area contributed by atoms with Crippen LogP contribution >= 0.6 is 0 Å². The molecule has 1 heterocycles. The van der Waals surface area contributed by atoms with E-state index in [2.05, 4.69) is 10.4 Å². The first-order valence-electron chi connectivity index (χ1n) is 6.57. The molecule has 8 nitrogen and oxygen atoms in total. The highest BCUT2D eigenvalue weighted by molar-refractivity contribution is 5.95. The molecule has 116 valence electrons. The van der Waals surface area contributed by atoms with Crippen molar-refractivity contribution in [3.63, 3.8) is 0 Å². The highest BCUT2D eigenvalue weighted by Crippen LogP contribution is 2.29. The predicted octanol–water partition coefficient (Wildman–Crippen LogP) is 2.31. The Hall–Kier alpha value is -2.90. The van der Waals surface area contributed by atoms with Crippen LogP contribution in [-0.2, 0) is 4.79 Å². The van der Waals surface area contributed by atoms with Crippen LogP contribution in [-0.4, -0.2) is 27.7 Å². The predicted molar refractivity (Wildman–Crippen MR) is 80.0 cm³/mol. The summed E-state index contributed by atoms with van der Waals surface area (Å²) in [5.41, 5.74) is 0.679. The van der Waals surface area contributed by atoms with Crippen LogP contribution in [0.4, 0.5) is 11.4 Å². The monoisotopic (exact) mass is 304 g/mol. The molecule has 2 rings (SSSR count). The Labute approximate surface area is 126 Å². The fourth-order valence-electron chi connectivity index (χ4n) is 1.90. The standard InChI is InChI=1S/C14H16N4O4/c1-9-6-7-17(16-9)10(2)14(19)15-12-5-4-11(22-3)8-13(12)18(20)21/h4-8,10H,1-3H3,(H,15,19). The van der Waals surface area contributed by atoms with Gasteiger partial charge in [-0.2, -0.15) is 5.10 Å². The molecule has 22 heavy (non-hydrogen) atoms. The first-order chi connectivity index (χ1) is 10.4. The maximum atomic E-state index is 12.2. The Morgan fingerprint density at radius 3 is 2.73 bits per heavy atom. The normalized spacial score (nSPS) is 11.8. The molecule has 0 spiro atoms. The Bertz CT molecular complexity index is 711.